The Morgan fingerprint density at radius 3 is 1.86 bits per heavy atom. The summed E-state index contributed by atoms with van der Waals surface area (Å²) in [7, 11) is 0. The minimum absolute atomic E-state index is 0.0963. The second-order valence-electron chi connectivity index (χ2n) is 13.6. The minimum Gasteiger partial charge on any atom is -0.368 e. The maximum Gasteiger partial charge on any atom is 0.391 e. The van der Waals surface area contributed by atoms with E-state index in [2.05, 4.69) is 9.80 Å². The van der Waals surface area contributed by atoms with Gasteiger partial charge < -0.3 is 15.5 Å². The molecule has 2 aliphatic heterocycles. The zero-order valence-corrected chi connectivity index (χ0v) is 25.3. The van der Waals surface area contributed by atoms with Crippen LogP contribution in [0.4, 0.5) is 26.3 Å². The van der Waals surface area contributed by atoms with Crippen LogP contribution < -0.4 is 5.73 Å². The van der Waals surface area contributed by atoms with Gasteiger partial charge in [-0.1, -0.05) is 25.7 Å². The van der Waals surface area contributed by atoms with Crippen molar-refractivity contribution in [1.29, 1.82) is 0 Å². The number of alkyl halides is 6. The monoisotopic (exact) mass is 624 g/mol. The molecule has 0 aromatic rings. The molecule has 0 spiro atoms. The summed E-state index contributed by atoms with van der Waals surface area (Å²) in [4.78, 5) is 32.5. The van der Waals surface area contributed by atoms with Gasteiger partial charge in [-0.3, -0.25) is 14.5 Å². The zero-order valence-electron chi connectivity index (χ0n) is 25.3. The summed E-state index contributed by atoms with van der Waals surface area (Å²) in [6.07, 6.45) is 0.144. The summed E-state index contributed by atoms with van der Waals surface area (Å²) in [6.45, 7) is 3.62. The molecule has 43 heavy (non-hydrogen) atoms. The van der Waals surface area contributed by atoms with Gasteiger partial charge in [-0.2, -0.15) is 26.3 Å². The lowest BCUT2D eigenvalue weighted by atomic mass is 9.73. The second kappa shape index (κ2) is 15.1. The number of amides is 2. The van der Waals surface area contributed by atoms with Gasteiger partial charge in [-0.15, -0.1) is 0 Å². The molecule has 2 N–H and O–H groups in total. The van der Waals surface area contributed by atoms with Gasteiger partial charge in [-0.05, 0) is 95.6 Å². The van der Waals surface area contributed by atoms with Crippen LogP contribution in [0.15, 0.2) is 0 Å². The topological polar surface area (TPSA) is 69.9 Å². The van der Waals surface area contributed by atoms with E-state index in [9.17, 15) is 35.9 Å². The van der Waals surface area contributed by atoms with Crippen LogP contribution in [0.25, 0.3) is 0 Å². The van der Waals surface area contributed by atoms with Crippen LogP contribution in [0.1, 0.15) is 96.3 Å². The fourth-order valence-corrected chi connectivity index (χ4v) is 8.34. The molecule has 0 radical (unpaired) electrons. The Morgan fingerprint density at radius 1 is 0.767 bits per heavy atom. The molecule has 3 atom stereocenters. The standard InChI is InChI=1S/C31H50F6N4O2/c32-30(33,34)24-18-22(19-25(20-24)31(35,36)37)8-7-15-41(21-27(38)42)29(43)28(23-9-3-1-4-10-23)40-16-11-26(12-17-40)39-13-5-2-6-14-39/h22-26,28H,1-21H2,(H2,38,42). The first-order valence-electron chi connectivity index (χ1n) is 16.5. The third-order valence-corrected chi connectivity index (χ3v) is 10.6. The van der Waals surface area contributed by atoms with Crippen molar-refractivity contribution in [3.63, 3.8) is 0 Å². The number of likely N-dealkylation sites (tertiary alicyclic amines) is 2. The molecule has 248 valence electrons. The normalized spacial score (nSPS) is 28.5. The van der Waals surface area contributed by atoms with Crippen LogP contribution in [0.3, 0.4) is 0 Å². The highest BCUT2D eigenvalue weighted by Crippen LogP contribution is 2.48. The van der Waals surface area contributed by atoms with Crippen molar-refractivity contribution in [2.24, 2.45) is 29.4 Å². The van der Waals surface area contributed by atoms with E-state index < -0.39 is 42.4 Å². The Labute approximate surface area is 252 Å². The van der Waals surface area contributed by atoms with Gasteiger partial charge in [0, 0.05) is 25.7 Å². The van der Waals surface area contributed by atoms with Crippen molar-refractivity contribution in [2.75, 3.05) is 39.3 Å². The summed E-state index contributed by atoms with van der Waals surface area (Å²) >= 11 is 0. The number of nitrogens with zero attached hydrogens (tertiary/aromatic N) is 3. The van der Waals surface area contributed by atoms with Gasteiger partial charge in [0.05, 0.1) is 24.4 Å². The van der Waals surface area contributed by atoms with Crippen LogP contribution in [0, 0.1) is 23.7 Å². The number of piperidine rings is 2. The minimum atomic E-state index is -4.68. The quantitative estimate of drug-likeness (QED) is 0.297. The molecule has 2 amide bonds. The molecule has 12 heteroatoms. The SMILES string of the molecule is NC(=O)CN(CCCC1CC(C(F)(F)F)CC(C(F)(F)F)C1)C(=O)C(C1CCCCC1)N1CCC(N2CCCCC2)CC1. The number of hydrogen-bond acceptors (Lipinski definition) is 4. The molecule has 2 aliphatic carbocycles. The van der Waals surface area contributed by atoms with Crippen LogP contribution in [-0.2, 0) is 9.59 Å². The summed E-state index contributed by atoms with van der Waals surface area (Å²) in [5.74, 6) is -5.41. The summed E-state index contributed by atoms with van der Waals surface area (Å²) in [5, 5.41) is 0. The fraction of sp³-hybridized carbons (Fsp3) is 0.935. The van der Waals surface area contributed by atoms with Gasteiger partial charge in [0.2, 0.25) is 11.8 Å². The first kappa shape index (κ1) is 34.3. The smallest absolute Gasteiger partial charge is 0.368 e. The predicted molar refractivity (Wildman–Crippen MR) is 152 cm³/mol. The van der Waals surface area contributed by atoms with Crippen molar-refractivity contribution in [3.8, 4) is 0 Å². The number of rotatable bonds is 10. The van der Waals surface area contributed by atoms with E-state index in [1.165, 1.54) is 24.2 Å². The summed E-state index contributed by atoms with van der Waals surface area (Å²) in [5.41, 5.74) is 5.53. The molecule has 6 nitrogen and oxygen atoms in total. The van der Waals surface area contributed by atoms with Crippen LogP contribution >= 0.6 is 0 Å². The molecule has 2 saturated heterocycles. The molecule has 0 aromatic carbocycles. The maximum absolute atomic E-state index is 14.2. The number of halogens is 6. The van der Waals surface area contributed by atoms with Crippen LogP contribution in [0.2, 0.25) is 0 Å². The maximum atomic E-state index is 14.2. The van der Waals surface area contributed by atoms with E-state index in [-0.39, 0.29) is 56.6 Å². The fourth-order valence-electron chi connectivity index (χ4n) is 8.34. The highest BCUT2D eigenvalue weighted by Gasteiger charge is 2.51. The summed E-state index contributed by atoms with van der Waals surface area (Å²) < 4.78 is 80.8. The number of carbonyl (C=O) groups excluding carboxylic acids is 2. The predicted octanol–water partition coefficient (Wildman–Crippen LogP) is 6.14. The Hall–Kier alpha value is -1.56. The average molecular weight is 625 g/mol. The molecule has 3 unspecified atom stereocenters. The molecule has 4 aliphatic rings. The zero-order chi connectivity index (χ0) is 31.2. The van der Waals surface area contributed by atoms with E-state index in [0.29, 0.717) is 6.04 Å². The largest absolute Gasteiger partial charge is 0.391 e. The number of carbonyl (C=O) groups is 2. The Balaban J connectivity index is 1.41. The number of hydrogen-bond donors (Lipinski definition) is 1. The highest BCUT2D eigenvalue weighted by atomic mass is 19.4. The Morgan fingerprint density at radius 2 is 1.33 bits per heavy atom. The molecule has 0 aromatic heterocycles. The highest BCUT2D eigenvalue weighted by molar-refractivity contribution is 5.87. The molecule has 2 saturated carbocycles. The molecular weight excluding hydrogens is 574 g/mol. The third kappa shape index (κ3) is 9.71. The van der Waals surface area contributed by atoms with Gasteiger partial charge in [0.1, 0.15) is 0 Å². The molecular formula is C31H50F6N4O2. The van der Waals surface area contributed by atoms with Crippen molar-refractivity contribution in [2.45, 2.75) is 121 Å². The van der Waals surface area contributed by atoms with Crippen molar-refractivity contribution < 1.29 is 35.9 Å². The first-order chi connectivity index (χ1) is 20.3. The van der Waals surface area contributed by atoms with E-state index in [4.69, 9.17) is 5.73 Å². The molecule has 4 rings (SSSR count). The van der Waals surface area contributed by atoms with Gasteiger partial charge in [-0.25, -0.2) is 0 Å². The molecule has 4 fully saturated rings. The second-order valence-corrected chi connectivity index (χ2v) is 13.6. The Kier molecular flexibility index (Phi) is 12.1. The molecule has 0 bridgehead atoms. The average Bonchev–Trinajstić information content (AvgIpc) is 2.97. The van der Waals surface area contributed by atoms with E-state index in [0.717, 1.165) is 71.1 Å². The lowest BCUT2D eigenvalue weighted by molar-refractivity contribution is -0.228. The van der Waals surface area contributed by atoms with Crippen molar-refractivity contribution >= 4 is 11.8 Å². The van der Waals surface area contributed by atoms with E-state index >= 15 is 0 Å². The van der Waals surface area contributed by atoms with Crippen LogP contribution in [0.5, 0.6) is 0 Å². The van der Waals surface area contributed by atoms with Crippen molar-refractivity contribution in [3.05, 3.63) is 0 Å². The number of primary amides is 1. The first-order valence-corrected chi connectivity index (χ1v) is 16.5. The van der Waals surface area contributed by atoms with Gasteiger partial charge >= 0.3 is 12.4 Å². The lowest BCUT2D eigenvalue weighted by Gasteiger charge is -2.45. The van der Waals surface area contributed by atoms with Gasteiger partial charge in [0.15, 0.2) is 0 Å². The van der Waals surface area contributed by atoms with Crippen molar-refractivity contribution in [1.82, 2.24) is 14.7 Å². The molecule has 2 heterocycles. The van der Waals surface area contributed by atoms with E-state index in [1.807, 2.05) is 0 Å². The number of nitrogens with two attached hydrogens (primary N) is 1. The van der Waals surface area contributed by atoms with Crippen LogP contribution in [-0.4, -0.2) is 90.2 Å². The van der Waals surface area contributed by atoms with Gasteiger partial charge in [0.25, 0.3) is 0 Å². The third-order valence-electron chi connectivity index (χ3n) is 10.6. The Bertz CT molecular complexity index is 874. The lowest BCUT2D eigenvalue weighted by Crippen LogP contribution is -2.57. The summed E-state index contributed by atoms with van der Waals surface area (Å²) in [6, 6.07) is 0.123. The van der Waals surface area contributed by atoms with E-state index in [1.54, 1.807) is 0 Å².